The molecule has 17 heavy (non-hydrogen) atoms. The number of carbonyl (C=O) groups excluding carboxylic acids is 1. The molecule has 1 aliphatic carbocycles. The molecule has 0 aromatic heterocycles. The topological polar surface area (TPSA) is 63.7 Å². The van der Waals surface area contributed by atoms with Crippen molar-refractivity contribution in [1.29, 1.82) is 0 Å². The van der Waals surface area contributed by atoms with Gasteiger partial charge in [-0.1, -0.05) is 19.8 Å². The number of ether oxygens (including phenoxy) is 1. The Hall–Kier alpha value is -0.620. The molecule has 0 heterocycles. The van der Waals surface area contributed by atoms with Crippen molar-refractivity contribution in [3.05, 3.63) is 0 Å². The number of hydrogen-bond donors (Lipinski definition) is 0. The van der Waals surface area contributed by atoms with Crippen LogP contribution in [0.2, 0.25) is 0 Å². The number of rotatable bonds is 6. The van der Waals surface area contributed by atoms with Crippen LogP contribution in [0.4, 0.5) is 0 Å². The van der Waals surface area contributed by atoms with E-state index in [-0.39, 0.29) is 18.4 Å². The van der Waals surface area contributed by atoms with Crippen LogP contribution in [0.25, 0.3) is 0 Å². The van der Waals surface area contributed by atoms with Gasteiger partial charge in [-0.05, 0) is 19.8 Å². The quantitative estimate of drug-likeness (QED) is 0.674. The Kier molecular flexibility index (Phi) is 5.39. The van der Waals surface area contributed by atoms with Gasteiger partial charge in [0, 0.05) is 6.54 Å². The summed E-state index contributed by atoms with van der Waals surface area (Å²) in [6.45, 7) is 3.88. The highest BCUT2D eigenvalue weighted by Crippen LogP contribution is 2.26. The van der Waals surface area contributed by atoms with E-state index in [1.54, 1.807) is 13.8 Å². The molecule has 1 rings (SSSR count). The zero-order chi connectivity index (χ0) is 12.9. The molecular weight excluding hydrogens is 242 g/mol. The lowest BCUT2D eigenvalue weighted by Crippen LogP contribution is -2.41. The molecule has 0 spiro atoms. The largest absolute Gasteiger partial charge is 0.465 e. The maximum atomic E-state index is 12.2. The first-order chi connectivity index (χ1) is 8.02. The molecule has 0 bridgehead atoms. The molecule has 0 aliphatic heterocycles. The zero-order valence-electron chi connectivity index (χ0n) is 10.5. The number of nitrogens with zero attached hydrogens (tertiary/aromatic N) is 1. The number of carbonyl (C=O) groups is 1. The summed E-state index contributed by atoms with van der Waals surface area (Å²) in [5.74, 6) is -0.476. The Bertz CT molecular complexity index is 346. The highest BCUT2D eigenvalue weighted by Gasteiger charge is 2.34. The van der Waals surface area contributed by atoms with Gasteiger partial charge < -0.3 is 4.74 Å². The third-order valence-electron chi connectivity index (χ3n) is 3.05. The molecule has 0 atom stereocenters. The maximum absolute atomic E-state index is 12.2. The van der Waals surface area contributed by atoms with Crippen LogP contribution in [0.3, 0.4) is 0 Å². The number of esters is 1. The van der Waals surface area contributed by atoms with Gasteiger partial charge in [0.15, 0.2) is 0 Å². The Morgan fingerprint density at radius 3 is 2.35 bits per heavy atom. The van der Waals surface area contributed by atoms with Crippen LogP contribution in [0.5, 0.6) is 0 Å². The molecule has 1 aliphatic rings. The van der Waals surface area contributed by atoms with Crippen LogP contribution in [0.1, 0.15) is 39.5 Å². The zero-order valence-corrected chi connectivity index (χ0v) is 11.3. The van der Waals surface area contributed by atoms with E-state index in [0.29, 0.717) is 19.4 Å². The van der Waals surface area contributed by atoms with Gasteiger partial charge in [0.25, 0.3) is 0 Å². The first-order valence-electron chi connectivity index (χ1n) is 6.17. The number of sulfonamides is 1. The van der Waals surface area contributed by atoms with Crippen molar-refractivity contribution in [1.82, 2.24) is 4.31 Å². The van der Waals surface area contributed by atoms with Crippen LogP contribution >= 0.6 is 0 Å². The number of hydrogen-bond acceptors (Lipinski definition) is 4. The van der Waals surface area contributed by atoms with E-state index < -0.39 is 16.0 Å². The normalized spacial score (nSPS) is 17.6. The van der Waals surface area contributed by atoms with Gasteiger partial charge in [-0.25, -0.2) is 8.42 Å². The molecule has 0 saturated heterocycles. The molecule has 0 radical (unpaired) electrons. The van der Waals surface area contributed by atoms with Crippen molar-refractivity contribution in [3.8, 4) is 0 Å². The minimum atomic E-state index is -3.33. The van der Waals surface area contributed by atoms with Gasteiger partial charge in [0.1, 0.15) is 6.54 Å². The minimum absolute atomic E-state index is 0.164. The first kappa shape index (κ1) is 14.4. The van der Waals surface area contributed by atoms with E-state index in [9.17, 15) is 13.2 Å². The Balaban J connectivity index is 2.68. The lowest BCUT2D eigenvalue weighted by Gasteiger charge is -2.23. The van der Waals surface area contributed by atoms with Crippen LogP contribution in [0.15, 0.2) is 0 Å². The van der Waals surface area contributed by atoms with Crippen molar-refractivity contribution < 1.29 is 17.9 Å². The Morgan fingerprint density at radius 1 is 1.29 bits per heavy atom. The summed E-state index contributed by atoms with van der Waals surface area (Å²) in [6, 6.07) is 0. The van der Waals surface area contributed by atoms with Crippen LogP contribution in [-0.2, 0) is 19.6 Å². The molecule has 6 heteroatoms. The van der Waals surface area contributed by atoms with E-state index in [0.717, 1.165) is 12.8 Å². The Labute approximate surface area is 103 Å². The smallest absolute Gasteiger partial charge is 0.321 e. The summed E-state index contributed by atoms with van der Waals surface area (Å²) in [5, 5.41) is -0.308. The summed E-state index contributed by atoms with van der Waals surface area (Å²) in [6.07, 6.45) is 3.34. The SMILES string of the molecule is CCOC(=O)CN(CC)S(=O)(=O)C1CCCC1. The molecule has 0 amide bonds. The summed E-state index contributed by atoms with van der Waals surface area (Å²) in [5.41, 5.74) is 0. The monoisotopic (exact) mass is 263 g/mol. The van der Waals surface area contributed by atoms with E-state index in [1.165, 1.54) is 4.31 Å². The second-order valence-corrected chi connectivity index (χ2v) is 6.40. The van der Waals surface area contributed by atoms with E-state index in [1.807, 2.05) is 0 Å². The van der Waals surface area contributed by atoms with Crippen LogP contribution < -0.4 is 0 Å². The average Bonchev–Trinajstić information content (AvgIpc) is 2.80. The summed E-state index contributed by atoms with van der Waals surface area (Å²) in [7, 11) is -3.33. The molecule has 0 aromatic carbocycles. The standard InChI is InChI=1S/C11H21NO4S/c1-3-12(9-11(13)16-4-2)17(14,15)10-7-5-6-8-10/h10H,3-9H2,1-2H3. The van der Waals surface area contributed by atoms with Gasteiger partial charge in [-0.3, -0.25) is 4.79 Å². The molecule has 1 saturated carbocycles. The van der Waals surface area contributed by atoms with Crippen molar-refractivity contribution in [3.63, 3.8) is 0 Å². The molecule has 0 N–H and O–H groups in total. The van der Waals surface area contributed by atoms with E-state index in [4.69, 9.17) is 4.74 Å². The van der Waals surface area contributed by atoms with Gasteiger partial charge in [-0.15, -0.1) is 0 Å². The van der Waals surface area contributed by atoms with Crippen molar-refractivity contribution in [2.75, 3.05) is 19.7 Å². The lowest BCUT2D eigenvalue weighted by molar-refractivity contribution is -0.143. The minimum Gasteiger partial charge on any atom is -0.465 e. The molecule has 5 nitrogen and oxygen atoms in total. The fraction of sp³-hybridized carbons (Fsp3) is 0.909. The van der Waals surface area contributed by atoms with Crippen molar-refractivity contribution in [2.45, 2.75) is 44.8 Å². The predicted molar refractivity (Wildman–Crippen MR) is 65.1 cm³/mol. The van der Waals surface area contributed by atoms with Gasteiger partial charge in [0.05, 0.1) is 11.9 Å². The average molecular weight is 263 g/mol. The predicted octanol–water partition coefficient (Wildman–Crippen LogP) is 1.14. The second-order valence-electron chi connectivity index (χ2n) is 4.18. The first-order valence-corrected chi connectivity index (χ1v) is 7.67. The number of likely N-dealkylation sites (N-methyl/N-ethyl adjacent to an activating group) is 1. The molecule has 1 fully saturated rings. The molecular formula is C11H21NO4S. The van der Waals surface area contributed by atoms with E-state index in [2.05, 4.69) is 0 Å². The van der Waals surface area contributed by atoms with Gasteiger partial charge >= 0.3 is 5.97 Å². The fourth-order valence-corrected chi connectivity index (χ4v) is 4.13. The van der Waals surface area contributed by atoms with Gasteiger partial charge in [-0.2, -0.15) is 4.31 Å². The summed E-state index contributed by atoms with van der Waals surface area (Å²) in [4.78, 5) is 11.3. The Morgan fingerprint density at radius 2 is 1.88 bits per heavy atom. The molecule has 100 valence electrons. The summed E-state index contributed by atoms with van der Waals surface area (Å²) < 4.78 is 30.5. The van der Waals surface area contributed by atoms with E-state index >= 15 is 0 Å². The summed E-state index contributed by atoms with van der Waals surface area (Å²) >= 11 is 0. The lowest BCUT2D eigenvalue weighted by atomic mass is 10.4. The van der Waals surface area contributed by atoms with Crippen LogP contribution in [-0.4, -0.2) is 43.6 Å². The third kappa shape index (κ3) is 3.67. The second kappa shape index (κ2) is 6.35. The van der Waals surface area contributed by atoms with Crippen LogP contribution in [0, 0.1) is 0 Å². The van der Waals surface area contributed by atoms with Gasteiger partial charge in [0.2, 0.25) is 10.0 Å². The third-order valence-corrected chi connectivity index (χ3v) is 5.47. The van der Waals surface area contributed by atoms with Crippen molar-refractivity contribution in [2.24, 2.45) is 0 Å². The highest BCUT2D eigenvalue weighted by atomic mass is 32.2. The molecule has 0 unspecified atom stereocenters. The fourth-order valence-electron chi connectivity index (χ4n) is 2.13. The molecule has 0 aromatic rings. The maximum Gasteiger partial charge on any atom is 0.321 e. The van der Waals surface area contributed by atoms with Crippen molar-refractivity contribution >= 4 is 16.0 Å². The highest BCUT2D eigenvalue weighted by molar-refractivity contribution is 7.89.